The molecule has 0 amide bonds. The molecule has 17 heavy (non-hydrogen) atoms. The summed E-state index contributed by atoms with van der Waals surface area (Å²) in [4.78, 5) is 0. The lowest BCUT2D eigenvalue weighted by atomic mass is 10.1. The van der Waals surface area contributed by atoms with Gasteiger partial charge in [-0.3, -0.25) is 0 Å². The molecule has 1 nitrogen and oxygen atoms in total. The molecular formula is C16H28O. The molecule has 1 aromatic rings. The normalized spacial score (nSPS) is 9.65. The van der Waals surface area contributed by atoms with E-state index in [1.807, 2.05) is 0 Å². The minimum absolute atomic E-state index is 0.367. The number of benzene rings is 1. The van der Waals surface area contributed by atoms with Crippen molar-refractivity contribution in [2.24, 2.45) is 0 Å². The lowest BCUT2D eigenvalue weighted by molar-refractivity contribution is 0.282. The molecule has 1 aromatic carbocycles. The van der Waals surface area contributed by atoms with Gasteiger partial charge in [0.25, 0.3) is 0 Å². The van der Waals surface area contributed by atoms with Crippen LogP contribution in [0.2, 0.25) is 0 Å². The van der Waals surface area contributed by atoms with Gasteiger partial charge in [0, 0.05) is 6.61 Å². The summed E-state index contributed by atoms with van der Waals surface area (Å²) >= 11 is 0. The van der Waals surface area contributed by atoms with Crippen molar-refractivity contribution in [2.75, 3.05) is 6.61 Å². The largest absolute Gasteiger partial charge is 0.396 e. The van der Waals surface area contributed by atoms with Crippen molar-refractivity contribution in [1.82, 2.24) is 0 Å². The third-order valence-corrected chi connectivity index (χ3v) is 2.94. The molecule has 0 aliphatic rings. The van der Waals surface area contributed by atoms with Crippen LogP contribution in [-0.4, -0.2) is 11.7 Å². The maximum atomic E-state index is 8.42. The van der Waals surface area contributed by atoms with Gasteiger partial charge in [0.1, 0.15) is 0 Å². The van der Waals surface area contributed by atoms with Crippen LogP contribution in [0.4, 0.5) is 0 Å². The van der Waals surface area contributed by atoms with Gasteiger partial charge in [-0.1, -0.05) is 63.3 Å². The maximum absolute atomic E-state index is 8.42. The summed E-state index contributed by atoms with van der Waals surface area (Å²) in [5.74, 6) is 0. The highest BCUT2D eigenvalue weighted by atomic mass is 16.2. The van der Waals surface area contributed by atoms with Crippen LogP contribution in [0.25, 0.3) is 0 Å². The Morgan fingerprint density at radius 1 is 0.824 bits per heavy atom. The SMILES string of the molecule is CCCCCCCCO.Cc1ccccc1C. The molecular weight excluding hydrogens is 208 g/mol. The molecule has 0 bridgehead atoms. The summed E-state index contributed by atoms with van der Waals surface area (Å²) in [5, 5.41) is 8.42. The number of hydrogen-bond donors (Lipinski definition) is 1. The van der Waals surface area contributed by atoms with Crippen molar-refractivity contribution >= 4 is 0 Å². The molecule has 0 saturated carbocycles. The fourth-order valence-corrected chi connectivity index (χ4v) is 1.55. The third kappa shape index (κ3) is 10.1. The standard InChI is InChI=1S/C8H18O.C8H10/c1-2-3-4-5-6-7-8-9;1-7-5-3-4-6-8(7)2/h9H,2-8H2,1H3;3-6H,1-2H3. The lowest BCUT2D eigenvalue weighted by Crippen LogP contribution is -1.82. The summed E-state index contributed by atoms with van der Waals surface area (Å²) in [6.07, 6.45) is 7.50. The zero-order chi connectivity index (χ0) is 12.9. The van der Waals surface area contributed by atoms with E-state index < -0.39 is 0 Å². The molecule has 0 fully saturated rings. The van der Waals surface area contributed by atoms with E-state index >= 15 is 0 Å². The second kappa shape index (κ2) is 11.7. The van der Waals surface area contributed by atoms with Crippen molar-refractivity contribution < 1.29 is 5.11 Å². The molecule has 0 atom stereocenters. The fraction of sp³-hybridized carbons (Fsp3) is 0.625. The molecule has 1 rings (SSSR count). The Morgan fingerprint density at radius 3 is 1.71 bits per heavy atom. The van der Waals surface area contributed by atoms with E-state index in [1.54, 1.807) is 0 Å². The molecule has 0 heterocycles. The monoisotopic (exact) mass is 236 g/mol. The Morgan fingerprint density at radius 2 is 1.29 bits per heavy atom. The van der Waals surface area contributed by atoms with Gasteiger partial charge in [-0.25, -0.2) is 0 Å². The average Bonchev–Trinajstić information content (AvgIpc) is 2.34. The first-order chi connectivity index (χ1) is 8.22. The first-order valence-corrected chi connectivity index (χ1v) is 6.85. The van der Waals surface area contributed by atoms with E-state index in [0.717, 1.165) is 6.42 Å². The Bertz CT molecular complexity index is 241. The fourth-order valence-electron chi connectivity index (χ4n) is 1.55. The van der Waals surface area contributed by atoms with Crippen LogP contribution < -0.4 is 0 Å². The lowest BCUT2D eigenvalue weighted by Gasteiger charge is -1.95. The molecule has 1 heteroatoms. The summed E-state index contributed by atoms with van der Waals surface area (Å²) in [7, 11) is 0. The number of aliphatic hydroxyl groups is 1. The predicted molar refractivity (Wildman–Crippen MR) is 76.4 cm³/mol. The smallest absolute Gasteiger partial charge is 0.0431 e. The molecule has 98 valence electrons. The van der Waals surface area contributed by atoms with Crippen molar-refractivity contribution in [3.8, 4) is 0 Å². The summed E-state index contributed by atoms with van der Waals surface area (Å²) in [5.41, 5.74) is 2.74. The van der Waals surface area contributed by atoms with Crippen LogP contribution in [0.5, 0.6) is 0 Å². The van der Waals surface area contributed by atoms with Crippen LogP contribution in [0.3, 0.4) is 0 Å². The molecule has 0 aromatic heterocycles. The van der Waals surface area contributed by atoms with E-state index in [2.05, 4.69) is 45.0 Å². The molecule has 0 aliphatic carbocycles. The molecule has 1 N–H and O–H groups in total. The Kier molecular flexibility index (Phi) is 11.1. The second-order valence-corrected chi connectivity index (χ2v) is 4.58. The average molecular weight is 236 g/mol. The van der Waals surface area contributed by atoms with Crippen LogP contribution in [0, 0.1) is 13.8 Å². The Hall–Kier alpha value is -0.820. The number of aryl methyl sites for hydroxylation is 2. The van der Waals surface area contributed by atoms with Gasteiger partial charge in [-0.15, -0.1) is 0 Å². The quantitative estimate of drug-likeness (QED) is 0.713. The van der Waals surface area contributed by atoms with Gasteiger partial charge in [0.2, 0.25) is 0 Å². The Labute approximate surface area is 107 Å². The zero-order valence-corrected chi connectivity index (χ0v) is 11.7. The first kappa shape index (κ1) is 16.2. The highest BCUT2D eigenvalue weighted by Gasteiger charge is 1.86. The van der Waals surface area contributed by atoms with Gasteiger partial charge in [-0.05, 0) is 31.4 Å². The summed E-state index contributed by atoms with van der Waals surface area (Å²) < 4.78 is 0. The second-order valence-electron chi connectivity index (χ2n) is 4.58. The van der Waals surface area contributed by atoms with Crippen LogP contribution in [0.1, 0.15) is 56.6 Å². The van der Waals surface area contributed by atoms with Gasteiger partial charge < -0.3 is 5.11 Å². The molecule has 0 aliphatic heterocycles. The van der Waals surface area contributed by atoms with E-state index in [4.69, 9.17) is 5.11 Å². The number of hydrogen-bond acceptors (Lipinski definition) is 1. The van der Waals surface area contributed by atoms with Crippen molar-refractivity contribution in [2.45, 2.75) is 59.3 Å². The molecule has 0 unspecified atom stereocenters. The summed E-state index contributed by atoms with van der Waals surface area (Å²) in [6.45, 7) is 6.82. The highest BCUT2D eigenvalue weighted by Crippen LogP contribution is 2.03. The van der Waals surface area contributed by atoms with Gasteiger partial charge in [-0.2, -0.15) is 0 Å². The van der Waals surface area contributed by atoms with E-state index in [0.29, 0.717) is 6.61 Å². The van der Waals surface area contributed by atoms with Crippen LogP contribution in [-0.2, 0) is 0 Å². The topological polar surface area (TPSA) is 20.2 Å². The van der Waals surface area contributed by atoms with Crippen LogP contribution in [0.15, 0.2) is 24.3 Å². The maximum Gasteiger partial charge on any atom is 0.0431 e. The van der Waals surface area contributed by atoms with Gasteiger partial charge in [0.15, 0.2) is 0 Å². The highest BCUT2D eigenvalue weighted by molar-refractivity contribution is 5.23. The minimum Gasteiger partial charge on any atom is -0.396 e. The number of rotatable bonds is 6. The van der Waals surface area contributed by atoms with Gasteiger partial charge in [0.05, 0.1) is 0 Å². The number of aliphatic hydroxyl groups excluding tert-OH is 1. The Balaban J connectivity index is 0.000000302. The van der Waals surface area contributed by atoms with E-state index in [9.17, 15) is 0 Å². The van der Waals surface area contributed by atoms with E-state index in [1.165, 1.54) is 43.2 Å². The minimum atomic E-state index is 0.367. The van der Waals surface area contributed by atoms with Gasteiger partial charge >= 0.3 is 0 Å². The van der Waals surface area contributed by atoms with Crippen molar-refractivity contribution in [1.29, 1.82) is 0 Å². The van der Waals surface area contributed by atoms with Crippen molar-refractivity contribution in [3.63, 3.8) is 0 Å². The first-order valence-electron chi connectivity index (χ1n) is 6.85. The zero-order valence-electron chi connectivity index (χ0n) is 11.7. The molecule has 0 saturated heterocycles. The summed E-state index contributed by atoms with van der Waals surface area (Å²) in [6, 6.07) is 8.36. The molecule has 0 radical (unpaired) electrons. The van der Waals surface area contributed by atoms with E-state index in [-0.39, 0.29) is 0 Å². The third-order valence-electron chi connectivity index (χ3n) is 2.94. The predicted octanol–water partition coefficient (Wildman–Crippen LogP) is 4.64. The molecule has 0 spiro atoms. The van der Waals surface area contributed by atoms with Crippen LogP contribution >= 0.6 is 0 Å². The van der Waals surface area contributed by atoms with Crippen molar-refractivity contribution in [3.05, 3.63) is 35.4 Å². The number of unbranched alkanes of at least 4 members (excludes halogenated alkanes) is 5.